The smallest absolute Gasteiger partial charge is 0.256 e. The number of hydrogen-bond acceptors (Lipinski definition) is 2. The predicted molar refractivity (Wildman–Crippen MR) is 90.0 cm³/mol. The van der Waals surface area contributed by atoms with Crippen molar-refractivity contribution in [2.24, 2.45) is 5.92 Å². The van der Waals surface area contributed by atoms with Crippen molar-refractivity contribution in [3.8, 4) is 0 Å². The van der Waals surface area contributed by atoms with E-state index in [-0.39, 0.29) is 23.3 Å². The van der Waals surface area contributed by atoms with Crippen LogP contribution < -0.4 is 5.32 Å². The van der Waals surface area contributed by atoms with Crippen molar-refractivity contribution < 1.29 is 14.0 Å². The van der Waals surface area contributed by atoms with Gasteiger partial charge < -0.3 is 10.2 Å². The molecule has 1 saturated heterocycles. The quantitative estimate of drug-likeness (QED) is 0.924. The Morgan fingerprint density at radius 1 is 1.00 bits per heavy atom. The third kappa shape index (κ3) is 3.94. The van der Waals surface area contributed by atoms with Crippen molar-refractivity contribution >= 4 is 11.8 Å². The van der Waals surface area contributed by atoms with Gasteiger partial charge in [0.15, 0.2) is 0 Å². The molecule has 2 amide bonds. The van der Waals surface area contributed by atoms with E-state index in [4.69, 9.17) is 0 Å². The zero-order valence-corrected chi connectivity index (χ0v) is 14.0. The van der Waals surface area contributed by atoms with E-state index in [1.807, 2.05) is 0 Å². The van der Waals surface area contributed by atoms with Crippen LogP contribution in [0.5, 0.6) is 0 Å². The number of halogens is 1. The summed E-state index contributed by atoms with van der Waals surface area (Å²) in [6.07, 6.45) is 7.12. The number of benzene rings is 1. The highest BCUT2D eigenvalue weighted by Crippen LogP contribution is 2.22. The monoisotopic (exact) mass is 332 g/mol. The van der Waals surface area contributed by atoms with Gasteiger partial charge >= 0.3 is 0 Å². The number of likely N-dealkylation sites (tertiary alicyclic amines) is 1. The van der Waals surface area contributed by atoms with Crippen LogP contribution in [-0.4, -0.2) is 35.8 Å². The molecule has 1 aromatic rings. The largest absolute Gasteiger partial charge is 0.353 e. The zero-order chi connectivity index (χ0) is 16.9. The van der Waals surface area contributed by atoms with E-state index in [0.29, 0.717) is 32.0 Å². The molecule has 1 N–H and O–H groups in total. The number of carbonyl (C=O) groups is 2. The van der Waals surface area contributed by atoms with Gasteiger partial charge in [-0.25, -0.2) is 4.39 Å². The highest BCUT2D eigenvalue weighted by atomic mass is 19.1. The molecule has 0 radical (unpaired) electrons. The Hall–Kier alpha value is -1.91. The molecule has 24 heavy (non-hydrogen) atoms. The van der Waals surface area contributed by atoms with E-state index in [9.17, 15) is 14.0 Å². The van der Waals surface area contributed by atoms with E-state index >= 15 is 0 Å². The van der Waals surface area contributed by atoms with Crippen molar-refractivity contribution in [3.63, 3.8) is 0 Å². The summed E-state index contributed by atoms with van der Waals surface area (Å²) < 4.78 is 13.7. The van der Waals surface area contributed by atoms with Crippen LogP contribution in [0.4, 0.5) is 4.39 Å². The molecule has 0 aromatic heterocycles. The fraction of sp³-hybridized carbons (Fsp3) is 0.579. The van der Waals surface area contributed by atoms with E-state index in [1.54, 1.807) is 17.0 Å². The lowest BCUT2D eigenvalue weighted by Gasteiger charge is -2.33. The van der Waals surface area contributed by atoms with Gasteiger partial charge in [0.25, 0.3) is 5.91 Å². The Morgan fingerprint density at radius 3 is 2.33 bits per heavy atom. The molecular weight excluding hydrogens is 307 g/mol. The summed E-state index contributed by atoms with van der Waals surface area (Å²) in [4.78, 5) is 26.4. The first-order chi connectivity index (χ1) is 11.6. The number of nitrogens with zero attached hydrogens (tertiary/aromatic N) is 1. The molecule has 1 heterocycles. The molecule has 1 aromatic carbocycles. The lowest BCUT2D eigenvalue weighted by atomic mass is 9.92. The minimum atomic E-state index is -0.486. The first kappa shape index (κ1) is 16.9. The number of piperidine rings is 1. The van der Waals surface area contributed by atoms with Crippen LogP contribution in [0.2, 0.25) is 0 Å². The number of amides is 2. The lowest BCUT2D eigenvalue weighted by Crippen LogP contribution is -2.45. The van der Waals surface area contributed by atoms with Crippen molar-refractivity contribution in [2.75, 3.05) is 13.1 Å². The van der Waals surface area contributed by atoms with Gasteiger partial charge in [0.1, 0.15) is 5.82 Å². The standard InChI is InChI=1S/C19H25FN2O2/c20-17-9-5-4-8-16(17)19(24)22-12-10-14(11-13-22)18(23)21-15-6-2-1-3-7-15/h4-5,8-9,14-15H,1-3,6-7,10-13H2,(H,21,23). The van der Waals surface area contributed by atoms with Gasteiger partial charge in [-0.2, -0.15) is 0 Å². The summed E-state index contributed by atoms with van der Waals surface area (Å²) in [6, 6.07) is 6.38. The van der Waals surface area contributed by atoms with E-state index in [1.165, 1.54) is 31.4 Å². The summed E-state index contributed by atoms with van der Waals surface area (Å²) in [5.74, 6) is -0.671. The highest BCUT2D eigenvalue weighted by molar-refractivity contribution is 5.94. The fourth-order valence-electron chi connectivity index (χ4n) is 3.72. The normalized spacial score (nSPS) is 20.0. The van der Waals surface area contributed by atoms with Crippen LogP contribution in [-0.2, 0) is 4.79 Å². The molecule has 0 unspecified atom stereocenters. The Morgan fingerprint density at radius 2 is 1.67 bits per heavy atom. The maximum Gasteiger partial charge on any atom is 0.256 e. The Bertz CT molecular complexity index is 591. The SMILES string of the molecule is O=C(NC1CCCCC1)C1CCN(C(=O)c2ccccc2F)CC1. The Kier molecular flexibility index (Phi) is 5.48. The minimum absolute atomic E-state index is 0.0309. The molecule has 2 fully saturated rings. The van der Waals surface area contributed by atoms with Crippen molar-refractivity contribution in [1.82, 2.24) is 10.2 Å². The topological polar surface area (TPSA) is 49.4 Å². The molecule has 130 valence electrons. The van der Waals surface area contributed by atoms with Gasteiger partial charge in [-0.15, -0.1) is 0 Å². The molecule has 0 spiro atoms. The van der Waals surface area contributed by atoms with Crippen LogP contribution in [0, 0.1) is 11.7 Å². The second-order valence-corrected chi connectivity index (χ2v) is 6.89. The van der Waals surface area contributed by atoms with Gasteiger partial charge in [0.2, 0.25) is 5.91 Å². The number of rotatable bonds is 3. The highest BCUT2D eigenvalue weighted by Gasteiger charge is 2.29. The molecule has 1 aliphatic carbocycles. The second kappa shape index (κ2) is 7.77. The van der Waals surface area contributed by atoms with E-state index < -0.39 is 5.82 Å². The average molecular weight is 332 g/mol. The van der Waals surface area contributed by atoms with Gasteiger partial charge in [0.05, 0.1) is 5.56 Å². The Balaban J connectivity index is 1.51. The third-order valence-corrected chi connectivity index (χ3v) is 5.21. The molecule has 1 saturated carbocycles. The molecular formula is C19H25FN2O2. The van der Waals surface area contributed by atoms with Crippen LogP contribution in [0.15, 0.2) is 24.3 Å². The number of hydrogen-bond donors (Lipinski definition) is 1. The fourth-order valence-corrected chi connectivity index (χ4v) is 3.72. The first-order valence-corrected chi connectivity index (χ1v) is 8.99. The van der Waals surface area contributed by atoms with Gasteiger partial charge in [-0.3, -0.25) is 9.59 Å². The van der Waals surface area contributed by atoms with Crippen molar-refractivity contribution in [2.45, 2.75) is 51.0 Å². The van der Waals surface area contributed by atoms with Gasteiger partial charge in [-0.05, 0) is 37.8 Å². The van der Waals surface area contributed by atoms with Gasteiger partial charge in [-0.1, -0.05) is 31.4 Å². The van der Waals surface area contributed by atoms with Crippen LogP contribution in [0.3, 0.4) is 0 Å². The van der Waals surface area contributed by atoms with Crippen LogP contribution in [0.25, 0.3) is 0 Å². The lowest BCUT2D eigenvalue weighted by molar-refractivity contribution is -0.127. The average Bonchev–Trinajstić information content (AvgIpc) is 2.62. The summed E-state index contributed by atoms with van der Waals surface area (Å²) in [6.45, 7) is 1.02. The number of nitrogens with one attached hydrogen (secondary N) is 1. The minimum Gasteiger partial charge on any atom is -0.353 e. The molecule has 4 nitrogen and oxygen atoms in total. The maximum atomic E-state index is 13.7. The first-order valence-electron chi connectivity index (χ1n) is 8.99. The second-order valence-electron chi connectivity index (χ2n) is 6.89. The summed E-state index contributed by atoms with van der Waals surface area (Å²) in [7, 11) is 0. The van der Waals surface area contributed by atoms with E-state index in [2.05, 4.69) is 5.32 Å². The number of carbonyl (C=O) groups excluding carboxylic acids is 2. The molecule has 2 aliphatic rings. The molecule has 1 aliphatic heterocycles. The summed E-state index contributed by atoms with van der Waals surface area (Å²) in [5, 5.41) is 3.17. The third-order valence-electron chi connectivity index (χ3n) is 5.21. The molecule has 5 heteroatoms. The van der Waals surface area contributed by atoms with Crippen LogP contribution >= 0.6 is 0 Å². The zero-order valence-electron chi connectivity index (χ0n) is 14.0. The summed E-state index contributed by atoms with van der Waals surface area (Å²) in [5.41, 5.74) is 0.114. The maximum absolute atomic E-state index is 13.7. The Labute approximate surface area is 142 Å². The predicted octanol–water partition coefficient (Wildman–Crippen LogP) is 3.13. The van der Waals surface area contributed by atoms with Crippen molar-refractivity contribution in [3.05, 3.63) is 35.6 Å². The van der Waals surface area contributed by atoms with Crippen LogP contribution in [0.1, 0.15) is 55.3 Å². The molecule has 0 atom stereocenters. The van der Waals surface area contributed by atoms with E-state index in [0.717, 1.165) is 12.8 Å². The summed E-state index contributed by atoms with van der Waals surface area (Å²) >= 11 is 0. The molecule has 0 bridgehead atoms. The molecule has 3 rings (SSSR count). The van der Waals surface area contributed by atoms with Gasteiger partial charge in [0, 0.05) is 25.0 Å². The van der Waals surface area contributed by atoms with Crippen molar-refractivity contribution in [1.29, 1.82) is 0 Å².